The maximum absolute atomic E-state index is 11.9. The molecule has 26 heavy (non-hydrogen) atoms. The van der Waals surface area contributed by atoms with Crippen LogP contribution in [0.2, 0.25) is 0 Å². The summed E-state index contributed by atoms with van der Waals surface area (Å²) in [5.41, 5.74) is 0. The van der Waals surface area contributed by atoms with Gasteiger partial charge in [-0.1, -0.05) is 12.1 Å². The zero-order valence-electron chi connectivity index (χ0n) is 15.6. The summed E-state index contributed by atoms with van der Waals surface area (Å²) in [4.78, 5) is 18.3. The predicted octanol–water partition coefficient (Wildman–Crippen LogP) is 2.11. The molecule has 2 aliphatic heterocycles. The predicted molar refractivity (Wildman–Crippen MR) is 95.0 cm³/mol. The maximum atomic E-state index is 11.9. The van der Waals surface area contributed by atoms with Crippen molar-refractivity contribution in [2.75, 3.05) is 39.5 Å². The van der Waals surface area contributed by atoms with Gasteiger partial charge in [0.05, 0.1) is 12.7 Å². The van der Waals surface area contributed by atoms with Crippen molar-refractivity contribution < 1.29 is 18.8 Å². The molecule has 8 nitrogen and oxygen atoms in total. The Kier molecular flexibility index (Phi) is 7.25. The number of ether oxygens (including phenoxy) is 2. The summed E-state index contributed by atoms with van der Waals surface area (Å²) in [7, 11) is 0. The number of carbonyl (C=O) groups excluding carboxylic acids is 1. The topological polar surface area (TPSA) is 89.7 Å². The molecule has 0 aliphatic carbocycles. The van der Waals surface area contributed by atoms with Crippen LogP contribution in [-0.2, 0) is 15.9 Å². The largest absolute Gasteiger partial charge is 0.381 e. The van der Waals surface area contributed by atoms with Crippen LogP contribution in [0.15, 0.2) is 4.52 Å². The number of hydrogen-bond donors (Lipinski definition) is 1. The molecular formula is C18H30N4O4. The molecule has 146 valence electrons. The van der Waals surface area contributed by atoms with Gasteiger partial charge in [0.2, 0.25) is 5.89 Å². The van der Waals surface area contributed by atoms with Crippen molar-refractivity contribution in [3.8, 4) is 0 Å². The highest BCUT2D eigenvalue weighted by atomic mass is 16.5. The Morgan fingerprint density at radius 2 is 2.04 bits per heavy atom. The highest BCUT2D eigenvalue weighted by Gasteiger charge is 2.24. The van der Waals surface area contributed by atoms with Crippen molar-refractivity contribution in [2.24, 2.45) is 0 Å². The molecule has 0 saturated carbocycles. The average Bonchev–Trinajstić information content (AvgIpc) is 3.16. The molecule has 0 aromatic carbocycles. The monoisotopic (exact) mass is 366 g/mol. The first-order chi connectivity index (χ1) is 12.8. The Bertz CT molecular complexity index is 551. The van der Waals surface area contributed by atoms with E-state index in [1.807, 2.05) is 4.90 Å². The lowest BCUT2D eigenvalue weighted by atomic mass is 10.0. The van der Waals surface area contributed by atoms with Crippen molar-refractivity contribution >= 4 is 6.03 Å². The molecule has 2 saturated heterocycles. The molecule has 2 amide bonds. The lowest BCUT2D eigenvalue weighted by Gasteiger charge is -2.31. The van der Waals surface area contributed by atoms with Gasteiger partial charge in [-0.25, -0.2) is 4.79 Å². The van der Waals surface area contributed by atoms with Crippen molar-refractivity contribution in [1.29, 1.82) is 0 Å². The summed E-state index contributed by atoms with van der Waals surface area (Å²) in [5.74, 6) is 1.77. The number of rotatable bonds is 7. The second-order valence-electron chi connectivity index (χ2n) is 6.97. The third-order valence-electron chi connectivity index (χ3n) is 4.99. The first-order valence-corrected chi connectivity index (χ1v) is 9.81. The summed E-state index contributed by atoms with van der Waals surface area (Å²) in [5, 5.41) is 6.99. The summed E-state index contributed by atoms with van der Waals surface area (Å²) in [6.45, 7) is 6.39. The molecule has 2 fully saturated rings. The van der Waals surface area contributed by atoms with Crippen molar-refractivity contribution in [2.45, 2.75) is 57.5 Å². The first-order valence-electron chi connectivity index (χ1n) is 9.81. The minimum Gasteiger partial charge on any atom is -0.381 e. The Morgan fingerprint density at radius 1 is 1.27 bits per heavy atom. The van der Waals surface area contributed by atoms with Gasteiger partial charge in [-0.3, -0.25) is 0 Å². The number of urea groups is 1. The fourth-order valence-electron chi connectivity index (χ4n) is 3.37. The van der Waals surface area contributed by atoms with Gasteiger partial charge < -0.3 is 24.2 Å². The van der Waals surface area contributed by atoms with E-state index < -0.39 is 0 Å². The van der Waals surface area contributed by atoms with Crippen LogP contribution in [0.5, 0.6) is 0 Å². The zero-order valence-corrected chi connectivity index (χ0v) is 15.6. The first kappa shape index (κ1) is 19.1. The molecule has 0 bridgehead atoms. The Morgan fingerprint density at radius 3 is 2.77 bits per heavy atom. The SMILES string of the molecule is CCCNC(=O)N1CCC(OCCc2noc(C3CCOCC3)n2)CC1. The minimum absolute atomic E-state index is 0.0396. The molecule has 3 heterocycles. The highest BCUT2D eigenvalue weighted by molar-refractivity contribution is 5.74. The van der Waals surface area contributed by atoms with Gasteiger partial charge in [0.15, 0.2) is 5.82 Å². The third kappa shape index (κ3) is 5.41. The average molecular weight is 366 g/mol. The molecule has 3 rings (SSSR count). The minimum atomic E-state index is 0.0396. The standard InChI is InChI=1S/C18H30N4O4/c1-2-8-19-18(23)22-9-3-15(4-10-22)25-13-7-16-20-17(26-21-16)14-5-11-24-12-6-14/h14-15H,2-13H2,1H3,(H,19,23). The normalized spacial score (nSPS) is 19.7. The van der Waals surface area contributed by atoms with Crippen LogP contribution >= 0.6 is 0 Å². The number of piperidine rings is 1. The number of hydrogen-bond acceptors (Lipinski definition) is 6. The molecule has 2 aliphatic rings. The number of amides is 2. The van der Waals surface area contributed by atoms with E-state index in [1.165, 1.54) is 0 Å². The van der Waals surface area contributed by atoms with E-state index in [0.29, 0.717) is 24.8 Å². The third-order valence-corrected chi connectivity index (χ3v) is 4.99. The molecule has 0 radical (unpaired) electrons. The molecule has 0 atom stereocenters. The molecule has 1 aromatic heterocycles. The second kappa shape index (κ2) is 9.87. The van der Waals surface area contributed by atoms with Gasteiger partial charge in [0.25, 0.3) is 0 Å². The number of likely N-dealkylation sites (tertiary alicyclic amines) is 1. The lowest BCUT2D eigenvalue weighted by molar-refractivity contribution is 0.0158. The van der Waals surface area contributed by atoms with E-state index in [1.54, 1.807) is 0 Å². The van der Waals surface area contributed by atoms with Crippen molar-refractivity contribution in [3.05, 3.63) is 11.7 Å². The maximum Gasteiger partial charge on any atom is 0.317 e. The Balaban J connectivity index is 1.33. The zero-order chi connectivity index (χ0) is 18.2. The molecule has 0 unspecified atom stereocenters. The molecule has 8 heteroatoms. The second-order valence-corrected chi connectivity index (χ2v) is 6.97. The fraction of sp³-hybridized carbons (Fsp3) is 0.833. The van der Waals surface area contributed by atoms with Crippen molar-refractivity contribution in [1.82, 2.24) is 20.4 Å². The van der Waals surface area contributed by atoms with E-state index in [9.17, 15) is 4.79 Å². The van der Waals surface area contributed by atoms with E-state index in [4.69, 9.17) is 14.0 Å². The van der Waals surface area contributed by atoms with Crippen molar-refractivity contribution in [3.63, 3.8) is 0 Å². The van der Waals surface area contributed by atoms with Crippen LogP contribution in [0.3, 0.4) is 0 Å². The number of carbonyl (C=O) groups is 1. The van der Waals surface area contributed by atoms with Gasteiger partial charge in [0.1, 0.15) is 0 Å². The van der Waals surface area contributed by atoms with Crippen LogP contribution in [0.25, 0.3) is 0 Å². The van der Waals surface area contributed by atoms with Gasteiger partial charge in [-0.2, -0.15) is 4.98 Å². The summed E-state index contributed by atoms with van der Waals surface area (Å²) >= 11 is 0. The van der Waals surface area contributed by atoms with E-state index in [0.717, 1.165) is 70.8 Å². The number of nitrogens with one attached hydrogen (secondary N) is 1. The lowest BCUT2D eigenvalue weighted by Crippen LogP contribution is -2.46. The molecule has 1 aromatic rings. The smallest absolute Gasteiger partial charge is 0.317 e. The summed E-state index contributed by atoms with van der Waals surface area (Å²) < 4.78 is 16.7. The molecule has 1 N–H and O–H groups in total. The number of nitrogens with zero attached hydrogens (tertiary/aromatic N) is 3. The van der Waals surface area contributed by atoms with E-state index in [2.05, 4.69) is 22.4 Å². The number of aromatic nitrogens is 2. The van der Waals surface area contributed by atoms with Crippen LogP contribution < -0.4 is 5.32 Å². The van der Waals surface area contributed by atoms with Gasteiger partial charge in [-0.05, 0) is 32.1 Å². The Labute approximate surface area is 154 Å². The summed E-state index contributed by atoms with van der Waals surface area (Å²) in [6, 6.07) is 0.0396. The van der Waals surface area contributed by atoms with E-state index in [-0.39, 0.29) is 12.1 Å². The van der Waals surface area contributed by atoms with Gasteiger partial charge in [-0.15, -0.1) is 0 Å². The Hall–Kier alpha value is -1.67. The van der Waals surface area contributed by atoms with E-state index >= 15 is 0 Å². The van der Waals surface area contributed by atoms with Gasteiger partial charge in [0, 0.05) is 45.2 Å². The van der Waals surface area contributed by atoms with Crippen LogP contribution in [-0.4, -0.2) is 66.6 Å². The van der Waals surface area contributed by atoms with Gasteiger partial charge >= 0.3 is 6.03 Å². The quantitative estimate of drug-likeness (QED) is 0.795. The van der Waals surface area contributed by atoms with Crippen LogP contribution in [0, 0.1) is 0 Å². The molecule has 0 spiro atoms. The fourth-order valence-corrected chi connectivity index (χ4v) is 3.37. The van der Waals surface area contributed by atoms with Crippen LogP contribution in [0.1, 0.15) is 56.7 Å². The van der Waals surface area contributed by atoms with Crippen LogP contribution in [0.4, 0.5) is 4.79 Å². The highest BCUT2D eigenvalue weighted by Crippen LogP contribution is 2.25. The summed E-state index contributed by atoms with van der Waals surface area (Å²) in [6.07, 6.45) is 5.46. The molecular weight excluding hydrogens is 336 g/mol.